The molecule has 0 radical (unpaired) electrons. The molecule has 1 aromatic rings. The van der Waals surface area contributed by atoms with Gasteiger partial charge in [-0.15, -0.1) is 0 Å². The van der Waals surface area contributed by atoms with E-state index in [1.54, 1.807) is 0 Å². The lowest BCUT2D eigenvalue weighted by Crippen LogP contribution is -2.57. The van der Waals surface area contributed by atoms with E-state index in [0.717, 1.165) is 88.2 Å². The molecule has 3 saturated heterocycles. The van der Waals surface area contributed by atoms with E-state index in [1.165, 1.54) is 5.57 Å². The fourth-order valence-corrected chi connectivity index (χ4v) is 11.4. The average Bonchev–Trinajstić information content (AvgIpc) is 3.51. The molecule has 1 aromatic heterocycles. The van der Waals surface area contributed by atoms with Crippen molar-refractivity contribution in [3.05, 3.63) is 47.2 Å². The molecule has 8 nitrogen and oxygen atoms in total. The third-order valence-electron chi connectivity index (χ3n) is 13.8. The second-order valence-corrected chi connectivity index (χ2v) is 16.1. The Kier molecular flexibility index (Phi) is 7.54. The summed E-state index contributed by atoms with van der Waals surface area (Å²) < 4.78 is 7.20. The van der Waals surface area contributed by atoms with E-state index in [-0.39, 0.29) is 41.4 Å². The number of piperazine rings is 1. The van der Waals surface area contributed by atoms with Gasteiger partial charge in [0.25, 0.3) is 0 Å². The van der Waals surface area contributed by atoms with Gasteiger partial charge in [0.15, 0.2) is 5.78 Å². The zero-order valence-corrected chi connectivity index (χ0v) is 28.2. The Balaban J connectivity index is 1.02. The molecule has 4 aliphatic carbocycles. The molecular weight excluding hydrogens is 576 g/mol. The molecule has 4 heterocycles. The van der Waals surface area contributed by atoms with Gasteiger partial charge < -0.3 is 19.6 Å². The first-order valence-corrected chi connectivity index (χ1v) is 18.1. The van der Waals surface area contributed by atoms with E-state index in [1.807, 2.05) is 18.3 Å². The molecule has 5 fully saturated rings. The molecule has 248 valence electrons. The molecule has 7 aliphatic rings. The number of aliphatic hydroxyl groups is 1. The molecule has 3 aliphatic heterocycles. The van der Waals surface area contributed by atoms with Crippen LogP contribution in [0.4, 0.5) is 5.82 Å². The van der Waals surface area contributed by atoms with Crippen molar-refractivity contribution in [3.8, 4) is 0 Å². The molecule has 1 spiro atoms. The second-order valence-electron chi connectivity index (χ2n) is 16.1. The summed E-state index contributed by atoms with van der Waals surface area (Å²) in [5.41, 5.74) is 2.91. The van der Waals surface area contributed by atoms with Crippen LogP contribution in [0.25, 0.3) is 0 Å². The maximum atomic E-state index is 14.6. The van der Waals surface area contributed by atoms with E-state index in [4.69, 9.17) is 4.74 Å². The standard InChI is InChI=1S/C38H52N4O4/c1-23-19-30-35(42(21-23)32(44)22-40-15-17-41(18-16-40)31-7-5-6-14-39-31)25(3)38(46-30)13-11-28-29-9-8-26-20-27(43)10-12-37(26,4)34(29)36(45)33(28)24(38)2/h5-8,14,23,25,27-30,34-35,43H,9-13,15-22H2,1-4H3/t23-,25+,27-,28-,29-,30+,34+,35-,37-,38-/m0/s1. The first-order chi connectivity index (χ1) is 22.1. The average molecular weight is 629 g/mol. The number of rotatable bonds is 3. The Morgan fingerprint density at radius 1 is 1.13 bits per heavy atom. The number of ketones is 1. The van der Waals surface area contributed by atoms with Crippen LogP contribution in [0.1, 0.15) is 72.6 Å². The summed E-state index contributed by atoms with van der Waals surface area (Å²) in [4.78, 5) is 40.0. The van der Waals surface area contributed by atoms with E-state index in [9.17, 15) is 14.7 Å². The quantitative estimate of drug-likeness (QED) is 0.489. The van der Waals surface area contributed by atoms with Crippen molar-refractivity contribution in [3.63, 3.8) is 0 Å². The van der Waals surface area contributed by atoms with Crippen molar-refractivity contribution in [2.45, 2.75) is 96.5 Å². The van der Waals surface area contributed by atoms with Crippen LogP contribution >= 0.6 is 0 Å². The number of amides is 1. The van der Waals surface area contributed by atoms with Crippen molar-refractivity contribution in [1.29, 1.82) is 0 Å². The van der Waals surface area contributed by atoms with Gasteiger partial charge in [-0.3, -0.25) is 14.5 Å². The van der Waals surface area contributed by atoms with Gasteiger partial charge in [-0.1, -0.05) is 38.5 Å². The summed E-state index contributed by atoms with van der Waals surface area (Å²) in [5, 5.41) is 10.4. The number of nitrogens with zero attached hydrogens (tertiary/aromatic N) is 4. The van der Waals surface area contributed by atoms with Gasteiger partial charge in [-0.05, 0) is 92.7 Å². The normalized spacial score (nSPS) is 42.5. The van der Waals surface area contributed by atoms with E-state index in [2.05, 4.69) is 59.5 Å². The van der Waals surface area contributed by atoms with Crippen LogP contribution in [0.15, 0.2) is 47.2 Å². The number of ether oxygens (including phenoxy) is 1. The summed E-state index contributed by atoms with van der Waals surface area (Å²) in [6.07, 6.45) is 10.1. The van der Waals surface area contributed by atoms with E-state index >= 15 is 0 Å². The number of carbonyl (C=O) groups excluding carboxylic acids is 2. The van der Waals surface area contributed by atoms with Gasteiger partial charge in [-0.2, -0.15) is 0 Å². The molecule has 10 atom stereocenters. The van der Waals surface area contributed by atoms with Crippen molar-refractivity contribution in [2.75, 3.05) is 44.2 Å². The minimum absolute atomic E-state index is 0.000189. The fraction of sp³-hybridized carbons (Fsp3) is 0.711. The first-order valence-electron chi connectivity index (χ1n) is 18.1. The van der Waals surface area contributed by atoms with Crippen LogP contribution in [0.2, 0.25) is 0 Å². The van der Waals surface area contributed by atoms with Gasteiger partial charge in [0.05, 0.1) is 30.4 Å². The molecule has 1 N–H and O–H groups in total. The third kappa shape index (κ3) is 4.60. The number of anilines is 1. The highest BCUT2D eigenvalue weighted by Gasteiger charge is 2.64. The number of fused-ring (bicyclic) bond motifs is 6. The first kappa shape index (κ1) is 30.8. The van der Waals surface area contributed by atoms with Gasteiger partial charge in [0.2, 0.25) is 5.91 Å². The summed E-state index contributed by atoms with van der Waals surface area (Å²) in [6, 6.07) is 6.07. The highest BCUT2D eigenvalue weighted by atomic mass is 16.5. The molecule has 0 bridgehead atoms. The molecule has 1 amide bonds. The predicted octanol–water partition coefficient (Wildman–Crippen LogP) is 4.64. The highest BCUT2D eigenvalue weighted by Crippen LogP contribution is 2.64. The zero-order valence-electron chi connectivity index (χ0n) is 28.2. The number of aliphatic hydroxyl groups excluding tert-OH is 1. The van der Waals surface area contributed by atoms with E-state index in [0.29, 0.717) is 36.5 Å². The largest absolute Gasteiger partial charge is 0.393 e. The Bertz CT molecular complexity index is 1450. The maximum absolute atomic E-state index is 14.6. The number of Topliss-reactive ketones (excluding diaryl/α,β-unsaturated/α-hetero) is 1. The number of pyridine rings is 1. The van der Waals surface area contributed by atoms with Crippen molar-refractivity contribution in [2.24, 2.45) is 35.0 Å². The smallest absolute Gasteiger partial charge is 0.237 e. The second kappa shape index (κ2) is 11.3. The Morgan fingerprint density at radius 2 is 1.93 bits per heavy atom. The summed E-state index contributed by atoms with van der Waals surface area (Å²) in [5.74, 6) is 2.75. The van der Waals surface area contributed by atoms with Crippen LogP contribution in [-0.2, 0) is 14.3 Å². The minimum Gasteiger partial charge on any atom is -0.393 e. The van der Waals surface area contributed by atoms with Crippen LogP contribution in [0.5, 0.6) is 0 Å². The maximum Gasteiger partial charge on any atom is 0.237 e. The zero-order chi connectivity index (χ0) is 32.0. The van der Waals surface area contributed by atoms with Crippen LogP contribution in [-0.4, -0.2) is 94.7 Å². The number of hydrogen-bond acceptors (Lipinski definition) is 7. The lowest BCUT2D eigenvalue weighted by Gasteiger charge is -2.48. The number of hydrogen-bond donors (Lipinski definition) is 1. The van der Waals surface area contributed by atoms with Crippen LogP contribution in [0, 0.1) is 35.0 Å². The molecule has 0 unspecified atom stereocenters. The summed E-state index contributed by atoms with van der Waals surface area (Å²) in [6.45, 7) is 13.7. The van der Waals surface area contributed by atoms with Crippen LogP contribution in [0.3, 0.4) is 0 Å². The summed E-state index contributed by atoms with van der Waals surface area (Å²) in [7, 11) is 0. The number of likely N-dealkylation sites (tertiary alicyclic amines) is 1. The highest BCUT2D eigenvalue weighted by molar-refractivity contribution is 6.02. The SMILES string of the molecule is CC1=C2C(=O)[C@H]3[C@@H](CC=C4C[C@@H](O)CC[C@@]43C)[C@@H]2CC[C@]12O[C@@H]1C[C@H](C)CN(C(=O)CN3CCN(c4ccccn4)CC3)[C@H]1[C@H]2C. The van der Waals surface area contributed by atoms with Crippen LogP contribution < -0.4 is 4.90 Å². The molecule has 0 aromatic carbocycles. The fourth-order valence-electron chi connectivity index (χ4n) is 11.4. The minimum atomic E-state index is -0.485. The number of piperidine rings is 1. The Labute approximate surface area is 274 Å². The van der Waals surface area contributed by atoms with Crippen molar-refractivity contribution >= 4 is 17.5 Å². The van der Waals surface area contributed by atoms with Gasteiger partial charge in [-0.25, -0.2) is 4.98 Å². The molecular formula is C38H52N4O4. The van der Waals surface area contributed by atoms with Gasteiger partial charge >= 0.3 is 0 Å². The van der Waals surface area contributed by atoms with Crippen molar-refractivity contribution < 1.29 is 19.4 Å². The van der Waals surface area contributed by atoms with Gasteiger partial charge in [0.1, 0.15) is 5.82 Å². The number of aromatic nitrogens is 1. The molecule has 8 heteroatoms. The Morgan fingerprint density at radius 3 is 2.70 bits per heavy atom. The molecule has 46 heavy (non-hydrogen) atoms. The third-order valence-corrected chi connectivity index (χ3v) is 13.8. The topological polar surface area (TPSA) is 86.2 Å². The van der Waals surface area contributed by atoms with Gasteiger partial charge in [0, 0.05) is 56.3 Å². The monoisotopic (exact) mass is 628 g/mol. The lowest BCUT2D eigenvalue weighted by molar-refractivity contribution is -0.141. The number of allylic oxidation sites excluding steroid dienone is 2. The van der Waals surface area contributed by atoms with E-state index < -0.39 is 5.60 Å². The molecule has 2 saturated carbocycles. The molecule has 8 rings (SSSR count). The summed E-state index contributed by atoms with van der Waals surface area (Å²) >= 11 is 0. The van der Waals surface area contributed by atoms with Crippen molar-refractivity contribution in [1.82, 2.24) is 14.8 Å². The Hall–Kier alpha value is -2.55. The predicted molar refractivity (Wildman–Crippen MR) is 177 cm³/mol. The lowest BCUT2D eigenvalue weighted by atomic mass is 9.56. The number of carbonyl (C=O) groups is 2.